The minimum absolute atomic E-state index is 0.269. The van der Waals surface area contributed by atoms with Crippen molar-refractivity contribution < 1.29 is 19.0 Å². The van der Waals surface area contributed by atoms with E-state index in [1.54, 1.807) is 24.7 Å². The Hall–Kier alpha value is -1.87. The Balaban J connectivity index is 1.54. The van der Waals surface area contributed by atoms with Gasteiger partial charge >= 0.3 is 0 Å². The van der Waals surface area contributed by atoms with Crippen LogP contribution in [0.2, 0.25) is 0 Å². The largest absolute Gasteiger partial charge is 0.389 e. The molecule has 0 amide bonds. The molecule has 0 radical (unpaired) electrons. The number of aryl methyl sites for hydroxylation is 1. The Labute approximate surface area is 138 Å². The number of rotatable bonds is 4. The van der Waals surface area contributed by atoms with E-state index >= 15 is 0 Å². The third kappa shape index (κ3) is 2.61. The van der Waals surface area contributed by atoms with Crippen molar-refractivity contribution in [1.82, 2.24) is 19.9 Å². The zero-order valence-electron chi connectivity index (χ0n) is 13.2. The van der Waals surface area contributed by atoms with Crippen molar-refractivity contribution in [3.05, 3.63) is 48.1 Å². The first-order valence-corrected chi connectivity index (χ1v) is 7.91. The maximum Gasteiger partial charge on any atom is 0.181 e. The van der Waals surface area contributed by atoms with Gasteiger partial charge in [-0.2, -0.15) is 0 Å². The summed E-state index contributed by atoms with van der Waals surface area (Å²) in [5, 5.41) is 14.1. The number of fused-ring (bicyclic) bond motifs is 2. The van der Waals surface area contributed by atoms with Gasteiger partial charge in [0.05, 0.1) is 24.9 Å². The van der Waals surface area contributed by atoms with E-state index in [1.165, 1.54) is 6.20 Å². The summed E-state index contributed by atoms with van der Waals surface area (Å²) in [6.45, 7) is 2.53. The van der Waals surface area contributed by atoms with Crippen molar-refractivity contribution in [2.45, 2.75) is 44.1 Å². The van der Waals surface area contributed by atoms with Crippen LogP contribution in [0.15, 0.2) is 30.9 Å². The maximum atomic E-state index is 13.7. The lowest BCUT2D eigenvalue weighted by molar-refractivity contribution is -0.166. The number of ether oxygens (including phenoxy) is 2. The molecule has 8 heteroatoms. The van der Waals surface area contributed by atoms with E-state index in [0.717, 1.165) is 5.82 Å². The number of aliphatic hydroxyl groups excluding tert-OH is 1. The summed E-state index contributed by atoms with van der Waals surface area (Å²) in [4.78, 5) is 7.94. The lowest BCUT2D eigenvalue weighted by Gasteiger charge is -2.39. The number of halogens is 1. The topological polar surface area (TPSA) is 81.4 Å². The Morgan fingerprint density at radius 1 is 1.46 bits per heavy atom. The number of nitrogens with one attached hydrogen (secondary N) is 1. The fourth-order valence-electron chi connectivity index (χ4n) is 3.43. The van der Waals surface area contributed by atoms with Crippen molar-refractivity contribution in [2.24, 2.45) is 0 Å². The Kier molecular flexibility index (Phi) is 4.05. The molecule has 0 unspecified atom stereocenters. The zero-order chi connectivity index (χ0) is 16.7. The van der Waals surface area contributed by atoms with Crippen molar-refractivity contribution >= 4 is 0 Å². The molecule has 4 heterocycles. The molecule has 2 aromatic heterocycles. The van der Waals surface area contributed by atoms with Crippen LogP contribution in [0.1, 0.15) is 17.4 Å². The Morgan fingerprint density at radius 2 is 2.33 bits per heavy atom. The normalized spacial score (nSPS) is 32.2. The van der Waals surface area contributed by atoms with Gasteiger partial charge in [0.1, 0.15) is 23.8 Å². The fraction of sp³-hybridized carbons (Fsp3) is 0.500. The van der Waals surface area contributed by atoms with Gasteiger partial charge in [-0.05, 0) is 13.0 Å². The summed E-state index contributed by atoms with van der Waals surface area (Å²) in [7, 11) is 0. The van der Waals surface area contributed by atoms with Crippen molar-refractivity contribution in [2.75, 3.05) is 6.61 Å². The molecule has 4 rings (SSSR count). The Morgan fingerprint density at radius 3 is 3.08 bits per heavy atom. The van der Waals surface area contributed by atoms with E-state index in [-0.39, 0.29) is 24.5 Å². The predicted molar refractivity (Wildman–Crippen MR) is 81.4 cm³/mol. The van der Waals surface area contributed by atoms with E-state index in [9.17, 15) is 9.50 Å². The monoisotopic (exact) mass is 334 g/mol. The molecule has 2 aliphatic rings. The number of nitrogens with zero attached hydrogens (tertiary/aromatic N) is 3. The summed E-state index contributed by atoms with van der Waals surface area (Å²) in [5.74, 6) is 0.397. The van der Waals surface area contributed by atoms with Crippen LogP contribution in [0.4, 0.5) is 4.39 Å². The minimum Gasteiger partial charge on any atom is -0.389 e. The molecule has 128 valence electrons. The predicted octanol–water partition coefficient (Wildman–Crippen LogP) is 0.541. The number of aromatic nitrogens is 3. The van der Waals surface area contributed by atoms with Gasteiger partial charge < -0.3 is 24.5 Å². The summed E-state index contributed by atoms with van der Waals surface area (Å²) < 4.78 is 27.2. The van der Waals surface area contributed by atoms with E-state index in [0.29, 0.717) is 12.2 Å². The molecule has 0 saturated carbocycles. The van der Waals surface area contributed by atoms with Crippen LogP contribution < -0.4 is 5.32 Å². The van der Waals surface area contributed by atoms with Crippen molar-refractivity contribution in [3.63, 3.8) is 0 Å². The van der Waals surface area contributed by atoms with Gasteiger partial charge in [-0.15, -0.1) is 0 Å². The molecule has 7 nitrogen and oxygen atoms in total. The summed E-state index contributed by atoms with van der Waals surface area (Å²) in [6, 6.07) is 0.846. The van der Waals surface area contributed by atoms with Crippen LogP contribution in [-0.4, -0.2) is 50.8 Å². The number of aliphatic hydroxyl groups is 1. The number of imidazole rings is 1. The zero-order valence-corrected chi connectivity index (χ0v) is 13.2. The highest BCUT2D eigenvalue weighted by Crippen LogP contribution is 2.36. The second-order valence-corrected chi connectivity index (χ2v) is 6.11. The van der Waals surface area contributed by atoms with Crippen LogP contribution in [0.5, 0.6) is 0 Å². The molecular weight excluding hydrogens is 315 g/mol. The maximum absolute atomic E-state index is 13.7. The number of hydrogen-bond donors (Lipinski definition) is 2. The van der Waals surface area contributed by atoms with Gasteiger partial charge in [-0.25, -0.2) is 9.37 Å². The van der Waals surface area contributed by atoms with Gasteiger partial charge in [-0.3, -0.25) is 4.98 Å². The van der Waals surface area contributed by atoms with Gasteiger partial charge in [0, 0.05) is 30.7 Å². The molecule has 2 aliphatic heterocycles. The molecule has 2 saturated heterocycles. The van der Waals surface area contributed by atoms with Crippen LogP contribution in [0, 0.1) is 12.7 Å². The van der Waals surface area contributed by atoms with Gasteiger partial charge in [0.2, 0.25) is 0 Å². The van der Waals surface area contributed by atoms with Crippen molar-refractivity contribution in [1.29, 1.82) is 0 Å². The van der Waals surface area contributed by atoms with Gasteiger partial charge in [0.15, 0.2) is 6.29 Å². The molecule has 5 atom stereocenters. The SMILES string of the molecule is Cc1nccn1[C@H]1[C@@H]2OC[C@@H](O2)[C@@H](NCc2ccncc2F)[C@@H]1O. The standard InChI is InChI=1S/C16H19FN4O3/c1-9-19-4-5-21(9)14-15(22)13(12-8-23-16(14)24-12)20-6-10-2-3-18-7-11(10)17/h2-5,7,12-16,20,22H,6,8H2,1H3/t12-,13-,14-,15+,16-/m1/s1. The molecule has 0 spiro atoms. The molecule has 0 aromatic carbocycles. The van der Waals surface area contributed by atoms with Gasteiger partial charge in [-0.1, -0.05) is 0 Å². The first-order valence-electron chi connectivity index (χ1n) is 7.91. The quantitative estimate of drug-likeness (QED) is 0.849. The Bertz CT molecular complexity index is 725. The second kappa shape index (κ2) is 6.21. The second-order valence-electron chi connectivity index (χ2n) is 6.11. The van der Waals surface area contributed by atoms with E-state index < -0.39 is 18.4 Å². The molecule has 24 heavy (non-hydrogen) atoms. The molecule has 2 aromatic rings. The van der Waals surface area contributed by atoms with E-state index in [2.05, 4.69) is 15.3 Å². The van der Waals surface area contributed by atoms with Crippen LogP contribution in [-0.2, 0) is 16.0 Å². The smallest absolute Gasteiger partial charge is 0.181 e. The van der Waals surface area contributed by atoms with Crippen LogP contribution in [0.25, 0.3) is 0 Å². The molecule has 0 aliphatic carbocycles. The number of pyridine rings is 1. The third-order valence-corrected chi connectivity index (χ3v) is 4.70. The average molecular weight is 334 g/mol. The molecule has 2 bridgehead atoms. The summed E-state index contributed by atoms with van der Waals surface area (Å²) in [6.07, 6.45) is 4.68. The van der Waals surface area contributed by atoms with Crippen molar-refractivity contribution in [3.8, 4) is 0 Å². The van der Waals surface area contributed by atoms with Crippen LogP contribution in [0.3, 0.4) is 0 Å². The fourth-order valence-corrected chi connectivity index (χ4v) is 3.43. The average Bonchev–Trinajstić information content (AvgIpc) is 3.18. The lowest BCUT2D eigenvalue weighted by atomic mass is 9.95. The summed E-state index contributed by atoms with van der Waals surface area (Å²) >= 11 is 0. The summed E-state index contributed by atoms with van der Waals surface area (Å²) in [5.41, 5.74) is 0.494. The molecule has 2 N–H and O–H groups in total. The first-order chi connectivity index (χ1) is 11.6. The first kappa shape index (κ1) is 15.6. The third-order valence-electron chi connectivity index (χ3n) is 4.70. The highest BCUT2D eigenvalue weighted by Gasteiger charge is 2.50. The van der Waals surface area contributed by atoms with Gasteiger partial charge in [0.25, 0.3) is 0 Å². The number of hydrogen-bond acceptors (Lipinski definition) is 6. The molecule has 2 fully saturated rings. The van der Waals surface area contributed by atoms with E-state index in [4.69, 9.17) is 9.47 Å². The highest BCUT2D eigenvalue weighted by molar-refractivity contribution is 5.13. The lowest BCUT2D eigenvalue weighted by Crippen LogP contribution is -2.57. The molecular formula is C16H19FN4O3. The van der Waals surface area contributed by atoms with Crippen LogP contribution >= 0.6 is 0 Å². The highest BCUT2D eigenvalue weighted by atomic mass is 19.1. The minimum atomic E-state index is -0.742. The van der Waals surface area contributed by atoms with E-state index in [1.807, 2.05) is 11.5 Å².